The summed E-state index contributed by atoms with van der Waals surface area (Å²) in [6.45, 7) is 2.55. The first-order valence-electron chi connectivity index (χ1n) is 11.7. The number of fused-ring (bicyclic) bond motifs is 1. The van der Waals surface area contributed by atoms with Crippen LogP contribution in [-0.4, -0.2) is 41.6 Å². The fraction of sp³-hybridized carbons (Fsp3) is 0.519. The third-order valence-corrected chi connectivity index (χ3v) is 7.76. The van der Waals surface area contributed by atoms with Gasteiger partial charge in [-0.05, 0) is 50.2 Å². The van der Waals surface area contributed by atoms with Gasteiger partial charge < -0.3 is 14.4 Å². The lowest BCUT2D eigenvalue weighted by Gasteiger charge is -2.49. The number of rotatable bonds is 9. The second-order valence-electron chi connectivity index (χ2n) is 9.41. The van der Waals surface area contributed by atoms with E-state index in [0.717, 1.165) is 49.4 Å². The van der Waals surface area contributed by atoms with Crippen LogP contribution in [0.2, 0.25) is 0 Å². The van der Waals surface area contributed by atoms with Crippen LogP contribution in [0.5, 0.6) is 0 Å². The molecule has 0 N–H and O–H groups in total. The van der Waals surface area contributed by atoms with Crippen molar-refractivity contribution in [3.63, 3.8) is 0 Å². The number of carbonyl (C=O) groups excluding carboxylic acids is 1. The SMILES string of the molecule is COC[C@H]1[C@H](c2ccccc2)O[C@]2(C)CC[C@](CCCCBr)(Cc3ccccc3)C(=O)N12. The van der Waals surface area contributed by atoms with Crippen LogP contribution in [0.15, 0.2) is 60.7 Å². The molecule has 32 heavy (non-hydrogen) atoms. The molecule has 0 spiro atoms. The van der Waals surface area contributed by atoms with Gasteiger partial charge in [0.15, 0.2) is 0 Å². The predicted molar refractivity (Wildman–Crippen MR) is 131 cm³/mol. The van der Waals surface area contributed by atoms with Gasteiger partial charge in [-0.1, -0.05) is 83.0 Å². The van der Waals surface area contributed by atoms with Crippen LogP contribution in [0.3, 0.4) is 0 Å². The van der Waals surface area contributed by atoms with Crippen molar-refractivity contribution in [2.45, 2.75) is 63.3 Å². The predicted octanol–water partition coefficient (Wildman–Crippen LogP) is 5.91. The van der Waals surface area contributed by atoms with Gasteiger partial charge in [-0.25, -0.2) is 0 Å². The number of unbranched alkanes of at least 4 members (excludes halogenated alkanes) is 1. The Morgan fingerprint density at radius 2 is 1.75 bits per heavy atom. The molecule has 0 radical (unpaired) electrons. The summed E-state index contributed by atoms with van der Waals surface area (Å²) in [6, 6.07) is 20.6. The standard InChI is InChI=1S/C27H34BrNO3/c1-26-16-17-27(15-9-10-18-28,19-21-11-5-3-6-12-21)25(30)29(26)23(20-31-2)24(32-26)22-13-7-4-8-14-22/h3-8,11-14,23-24H,9-10,15-20H2,1-2H3/t23-,24-,26+,27+/m0/s1. The molecule has 5 heteroatoms. The summed E-state index contributed by atoms with van der Waals surface area (Å²) in [7, 11) is 1.71. The summed E-state index contributed by atoms with van der Waals surface area (Å²) < 4.78 is 12.3. The highest BCUT2D eigenvalue weighted by Crippen LogP contribution is 2.52. The maximum absolute atomic E-state index is 14.4. The Bertz CT molecular complexity index is 892. The topological polar surface area (TPSA) is 38.8 Å². The molecule has 2 aliphatic rings. The van der Waals surface area contributed by atoms with E-state index in [9.17, 15) is 4.79 Å². The number of benzene rings is 2. The molecule has 1 amide bonds. The summed E-state index contributed by atoms with van der Waals surface area (Å²) in [6.07, 6.45) is 5.28. The fourth-order valence-corrected chi connectivity index (χ4v) is 5.96. The number of methoxy groups -OCH3 is 1. The normalized spacial score (nSPS) is 29.8. The van der Waals surface area contributed by atoms with Crippen LogP contribution in [0.1, 0.15) is 56.3 Å². The van der Waals surface area contributed by atoms with Gasteiger partial charge in [0.1, 0.15) is 11.8 Å². The quantitative estimate of drug-likeness (QED) is 0.318. The minimum absolute atomic E-state index is 0.133. The van der Waals surface area contributed by atoms with Gasteiger partial charge >= 0.3 is 0 Å². The average molecular weight is 500 g/mol. The van der Waals surface area contributed by atoms with Crippen molar-refractivity contribution in [1.82, 2.24) is 4.90 Å². The van der Waals surface area contributed by atoms with Crippen LogP contribution < -0.4 is 0 Å². The molecule has 2 aromatic carbocycles. The summed E-state index contributed by atoms with van der Waals surface area (Å²) in [5.41, 5.74) is 1.33. The van der Waals surface area contributed by atoms with Crippen LogP contribution in [0.25, 0.3) is 0 Å². The van der Waals surface area contributed by atoms with Crippen LogP contribution in [-0.2, 0) is 20.7 Å². The zero-order valence-electron chi connectivity index (χ0n) is 19.1. The van der Waals surface area contributed by atoms with E-state index in [-0.39, 0.29) is 18.1 Å². The van der Waals surface area contributed by atoms with Crippen molar-refractivity contribution < 1.29 is 14.3 Å². The van der Waals surface area contributed by atoms with Crippen LogP contribution >= 0.6 is 15.9 Å². The molecule has 4 atom stereocenters. The molecular formula is C27H34BrNO3. The second-order valence-corrected chi connectivity index (χ2v) is 10.2. The Hall–Kier alpha value is -1.69. The number of hydrogen-bond acceptors (Lipinski definition) is 3. The number of hydrogen-bond donors (Lipinski definition) is 0. The fourth-order valence-electron chi connectivity index (χ4n) is 5.57. The van der Waals surface area contributed by atoms with Crippen molar-refractivity contribution in [2.75, 3.05) is 19.0 Å². The molecular weight excluding hydrogens is 466 g/mol. The molecule has 0 aromatic heterocycles. The summed E-state index contributed by atoms with van der Waals surface area (Å²) in [4.78, 5) is 16.4. The Balaban J connectivity index is 1.69. The zero-order valence-corrected chi connectivity index (χ0v) is 20.7. The number of halogens is 1. The van der Waals surface area contributed by atoms with Gasteiger partial charge in [0, 0.05) is 12.4 Å². The molecule has 2 fully saturated rings. The maximum atomic E-state index is 14.4. The number of ether oxygens (including phenoxy) is 2. The molecule has 0 bridgehead atoms. The van der Waals surface area contributed by atoms with Crippen molar-refractivity contribution >= 4 is 21.8 Å². The highest BCUT2D eigenvalue weighted by atomic mass is 79.9. The first-order valence-corrected chi connectivity index (χ1v) is 12.8. The molecule has 0 unspecified atom stereocenters. The Morgan fingerprint density at radius 1 is 1.06 bits per heavy atom. The lowest BCUT2D eigenvalue weighted by Crippen LogP contribution is -2.61. The number of alkyl halides is 1. The van der Waals surface area contributed by atoms with Crippen LogP contribution in [0.4, 0.5) is 0 Å². The molecule has 0 saturated carbocycles. The zero-order chi connectivity index (χ0) is 22.6. The summed E-state index contributed by atoms with van der Waals surface area (Å²) in [5, 5.41) is 0.968. The van der Waals surface area contributed by atoms with E-state index in [1.165, 1.54) is 5.56 Å². The number of amides is 1. The monoisotopic (exact) mass is 499 g/mol. The van der Waals surface area contributed by atoms with Gasteiger partial charge in [0.2, 0.25) is 5.91 Å². The first-order chi connectivity index (χ1) is 15.5. The molecule has 2 saturated heterocycles. The third kappa shape index (κ3) is 4.52. The summed E-state index contributed by atoms with van der Waals surface area (Å²) in [5.74, 6) is 0.227. The smallest absolute Gasteiger partial charge is 0.231 e. The molecule has 172 valence electrons. The maximum Gasteiger partial charge on any atom is 0.231 e. The van der Waals surface area contributed by atoms with Crippen molar-refractivity contribution in [2.24, 2.45) is 5.41 Å². The Morgan fingerprint density at radius 3 is 2.41 bits per heavy atom. The second kappa shape index (κ2) is 10.1. The molecule has 0 aliphatic carbocycles. The van der Waals surface area contributed by atoms with E-state index in [2.05, 4.69) is 64.2 Å². The molecule has 2 aromatic rings. The molecule has 4 nitrogen and oxygen atoms in total. The lowest BCUT2D eigenvalue weighted by molar-refractivity contribution is -0.178. The molecule has 2 heterocycles. The minimum Gasteiger partial charge on any atom is -0.382 e. The van der Waals surface area contributed by atoms with Gasteiger partial charge in [0.25, 0.3) is 0 Å². The molecule has 2 aliphatic heterocycles. The number of nitrogens with zero attached hydrogens (tertiary/aromatic N) is 1. The lowest BCUT2D eigenvalue weighted by atomic mass is 9.69. The summed E-state index contributed by atoms with van der Waals surface area (Å²) >= 11 is 3.56. The number of carbonyl (C=O) groups is 1. The Labute approximate surface area is 200 Å². The van der Waals surface area contributed by atoms with Gasteiger partial charge in [-0.2, -0.15) is 0 Å². The largest absolute Gasteiger partial charge is 0.382 e. The van der Waals surface area contributed by atoms with E-state index < -0.39 is 11.1 Å². The highest BCUT2D eigenvalue weighted by molar-refractivity contribution is 9.09. The third-order valence-electron chi connectivity index (χ3n) is 7.20. The van der Waals surface area contributed by atoms with E-state index in [0.29, 0.717) is 6.61 Å². The van der Waals surface area contributed by atoms with E-state index >= 15 is 0 Å². The van der Waals surface area contributed by atoms with Crippen molar-refractivity contribution in [3.8, 4) is 0 Å². The van der Waals surface area contributed by atoms with Gasteiger partial charge in [-0.15, -0.1) is 0 Å². The van der Waals surface area contributed by atoms with Crippen molar-refractivity contribution in [1.29, 1.82) is 0 Å². The van der Waals surface area contributed by atoms with Crippen molar-refractivity contribution in [3.05, 3.63) is 71.8 Å². The van der Waals surface area contributed by atoms with Gasteiger partial charge in [0.05, 0.1) is 18.1 Å². The highest BCUT2D eigenvalue weighted by Gasteiger charge is 2.60. The van der Waals surface area contributed by atoms with Gasteiger partial charge in [-0.3, -0.25) is 4.79 Å². The average Bonchev–Trinajstić information content (AvgIpc) is 3.11. The number of piperidine rings is 1. The Kier molecular flexibility index (Phi) is 7.38. The molecule has 4 rings (SSSR count). The van der Waals surface area contributed by atoms with E-state index in [1.54, 1.807) is 7.11 Å². The van der Waals surface area contributed by atoms with Crippen LogP contribution in [0, 0.1) is 5.41 Å². The first kappa shape index (κ1) is 23.5. The minimum atomic E-state index is -0.601. The van der Waals surface area contributed by atoms with E-state index in [1.807, 2.05) is 24.3 Å². The van der Waals surface area contributed by atoms with E-state index in [4.69, 9.17) is 9.47 Å².